The predicted molar refractivity (Wildman–Crippen MR) is 151 cm³/mol. The fourth-order valence-corrected chi connectivity index (χ4v) is 5.60. The van der Waals surface area contributed by atoms with Crippen LogP contribution in [-0.2, 0) is 16.0 Å². The molecule has 3 aromatic rings. The number of hydrogen-bond acceptors (Lipinski definition) is 4. The van der Waals surface area contributed by atoms with Crippen molar-refractivity contribution in [3.8, 4) is 11.3 Å². The number of allylic oxidation sites excluding steroid dienone is 2. The van der Waals surface area contributed by atoms with Crippen molar-refractivity contribution in [2.45, 2.75) is 26.3 Å². The Kier molecular flexibility index (Phi) is 9.04. The summed E-state index contributed by atoms with van der Waals surface area (Å²) in [6, 6.07) is 18.9. The van der Waals surface area contributed by atoms with Crippen molar-refractivity contribution in [1.29, 1.82) is 0 Å². The van der Waals surface area contributed by atoms with Crippen LogP contribution < -0.4 is 3.12 Å². The van der Waals surface area contributed by atoms with Gasteiger partial charge in [-0.3, -0.25) is 4.79 Å². The normalized spacial score (nSPS) is 15.7. The predicted octanol–water partition coefficient (Wildman–Crippen LogP) is 3.62. The first kappa shape index (κ1) is 27.6. The number of carbonyl (C=O) groups excluding carboxylic acids is 3. The van der Waals surface area contributed by atoms with Crippen LogP contribution in [0.5, 0.6) is 0 Å². The quantitative estimate of drug-likeness (QED) is 0.164. The molecule has 1 saturated heterocycles. The van der Waals surface area contributed by atoms with Gasteiger partial charge in [0.1, 0.15) is 0 Å². The number of hydrogen-bond donors (Lipinski definition) is 0. The van der Waals surface area contributed by atoms with E-state index in [1.807, 2.05) is 37.3 Å². The number of ketones is 1. The molecule has 1 atom stereocenters. The zero-order chi connectivity index (χ0) is 27.2. The molecule has 0 unspecified atom stereocenters. The summed E-state index contributed by atoms with van der Waals surface area (Å²) in [5.41, 5.74) is 4.28. The molecule has 6 nitrogen and oxygen atoms in total. The molecule has 4 rings (SSSR count). The number of amides is 2. The molecule has 1 aromatic heterocycles. The molecule has 38 heavy (non-hydrogen) atoms. The Morgan fingerprint density at radius 2 is 1.76 bits per heavy atom. The zero-order valence-electron chi connectivity index (χ0n) is 21.8. The van der Waals surface area contributed by atoms with Crippen LogP contribution in [0.1, 0.15) is 35.3 Å². The van der Waals surface area contributed by atoms with Gasteiger partial charge >= 0.3 is 169 Å². The van der Waals surface area contributed by atoms with E-state index in [1.54, 1.807) is 53.3 Å². The van der Waals surface area contributed by atoms with Crippen LogP contribution in [0.4, 0.5) is 0 Å². The van der Waals surface area contributed by atoms with Crippen molar-refractivity contribution in [1.82, 2.24) is 14.8 Å². The molecule has 0 N–H and O–H groups in total. The third kappa shape index (κ3) is 5.85. The van der Waals surface area contributed by atoms with Gasteiger partial charge in [0, 0.05) is 18.7 Å². The summed E-state index contributed by atoms with van der Waals surface area (Å²) in [4.78, 5) is 48.0. The SMILES string of the molecule is C=CCc1c(/C(=C\C)C(=O)C(=O)N2CCN(C(=O)c3ccccc3)C[C@H]2C)ccnc1-c1cc[c]([Tl])cc1. The van der Waals surface area contributed by atoms with Crippen molar-refractivity contribution >= 4 is 52.1 Å². The van der Waals surface area contributed by atoms with Crippen molar-refractivity contribution in [3.05, 3.63) is 102 Å². The molecule has 0 saturated carbocycles. The summed E-state index contributed by atoms with van der Waals surface area (Å²) in [6.45, 7) is 8.60. The Bertz CT molecular complexity index is 1380. The number of benzene rings is 2. The molecule has 2 aromatic carbocycles. The first-order valence-electron chi connectivity index (χ1n) is 12.7. The summed E-state index contributed by atoms with van der Waals surface area (Å²) in [6.07, 6.45) is 5.69. The fourth-order valence-electron chi connectivity index (χ4n) is 4.85. The molecule has 1 fully saturated rings. The number of nitrogens with zero attached hydrogens (tertiary/aromatic N) is 3. The average molecular weight is 697 g/mol. The molecule has 190 valence electrons. The maximum absolute atomic E-state index is 13.6. The van der Waals surface area contributed by atoms with Gasteiger partial charge in [-0.25, -0.2) is 0 Å². The summed E-state index contributed by atoms with van der Waals surface area (Å²) >= 11 is 0.750. The third-order valence-corrected chi connectivity index (χ3v) is 8.30. The van der Waals surface area contributed by atoms with Gasteiger partial charge in [-0.1, -0.05) is 18.2 Å². The number of Topliss-reactive ketones (excluding diaryl/α,β-unsaturated/α-hetero) is 1. The molecular formula is C31H30N3O3Tl. The summed E-state index contributed by atoms with van der Waals surface area (Å²) in [5, 5.41) is 0. The van der Waals surface area contributed by atoms with Crippen LogP contribution in [0.15, 0.2) is 85.6 Å². The van der Waals surface area contributed by atoms with Crippen LogP contribution >= 0.6 is 0 Å². The Hall–Kier alpha value is -3.40. The number of piperazine rings is 1. The van der Waals surface area contributed by atoms with E-state index in [0.717, 1.165) is 42.6 Å². The van der Waals surface area contributed by atoms with Crippen molar-refractivity contribution in [2.24, 2.45) is 0 Å². The Morgan fingerprint density at radius 3 is 2.39 bits per heavy atom. The van der Waals surface area contributed by atoms with E-state index in [0.29, 0.717) is 42.8 Å². The van der Waals surface area contributed by atoms with Gasteiger partial charge in [-0.15, -0.1) is 0 Å². The van der Waals surface area contributed by atoms with Crippen molar-refractivity contribution in [3.63, 3.8) is 0 Å². The number of pyridine rings is 1. The van der Waals surface area contributed by atoms with Crippen molar-refractivity contribution < 1.29 is 14.4 Å². The van der Waals surface area contributed by atoms with Gasteiger partial charge in [0.05, 0.1) is 0 Å². The summed E-state index contributed by atoms with van der Waals surface area (Å²) in [5.74, 6) is -1.18. The second-order valence-corrected chi connectivity index (χ2v) is 11.9. The first-order chi connectivity index (χ1) is 18.3. The standard InChI is InChI=1S/C31H30N3O3.Tl/c1-4-12-27-26(17-18-32-28(27)23-13-8-6-9-14-23)25(5-2)29(35)31(37)34-20-19-33(21-22(34)3)30(36)24-15-10-7-11-16-24;/h4-5,7-11,13-18,22H,1,12,19-21H2,2-3H3;/b25-5+;/t22-;/m1./s1. The molecule has 2 heterocycles. The molecule has 2 amide bonds. The van der Waals surface area contributed by atoms with E-state index in [4.69, 9.17) is 0 Å². The van der Waals surface area contributed by atoms with E-state index in [9.17, 15) is 14.4 Å². The van der Waals surface area contributed by atoms with Crippen LogP contribution in [-0.4, -0.2) is 83.8 Å². The van der Waals surface area contributed by atoms with Gasteiger partial charge in [-0.05, 0) is 19.1 Å². The topological polar surface area (TPSA) is 70.6 Å². The number of aromatic nitrogens is 1. The fraction of sp³-hybridized carbons (Fsp3) is 0.226. The average Bonchev–Trinajstić information content (AvgIpc) is 2.94. The summed E-state index contributed by atoms with van der Waals surface area (Å²) < 4.78 is 1.31. The molecular weight excluding hydrogens is 667 g/mol. The second-order valence-electron chi connectivity index (χ2n) is 9.30. The minimum absolute atomic E-state index is 0.0673. The molecule has 0 aliphatic carbocycles. The molecule has 7 heteroatoms. The second kappa shape index (κ2) is 12.4. The molecule has 0 bridgehead atoms. The molecule has 1 aliphatic heterocycles. The van der Waals surface area contributed by atoms with Gasteiger partial charge in [-0.2, -0.15) is 0 Å². The minimum atomic E-state index is -0.555. The van der Waals surface area contributed by atoms with E-state index < -0.39 is 11.7 Å². The monoisotopic (exact) mass is 697 g/mol. The molecule has 1 aliphatic rings. The van der Waals surface area contributed by atoms with Crippen LogP contribution in [0.2, 0.25) is 0 Å². The molecule has 0 radical (unpaired) electrons. The Labute approximate surface area is 239 Å². The number of rotatable bonds is 7. The van der Waals surface area contributed by atoms with E-state index in [1.165, 1.54) is 3.12 Å². The van der Waals surface area contributed by atoms with Crippen LogP contribution in [0, 0.1) is 0 Å². The van der Waals surface area contributed by atoms with Gasteiger partial charge in [0.2, 0.25) is 0 Å². The van der Waals surface area contributed by atoms with E-state index in [2.05, 4.69) is 23.7 Å². The van der Waals surface area contributed by atoms with Crippen LogP contribution in [0.3, 0.4) is 0 Å². The number of carbonyl (C=O) groups is 3. The van der Waals surface area contributed by atoms with E-state index in [-0.39, 0.29) is 11.9 Å². The van der Waals surface area contributed by atoms with Gasteiger partial charge in [0.25, 0.3) is 5.91 Å². The summed E-state index contributed by atoms with van der Waals surface area (Å²) in [7, 11) is 0. The van der Waals surface area contributed by atoms with Gasteiger partial charge in [0.15, 0.2) is 0 Å². The van der Waals surface area contributed by atoms with Gasteiger partial charge < -0.3 is 4.90 Å². The third-order valence-electron chi connectivity index (χ3n) is 6.80. The maximum atomic E-state index is 13.6. The van der Waals surface area contributed by atoms with Crippen molar-refractivity contribution in [2.75, 3.05) is 19.6 Å². The Balaban J connectivity index is 1.57. The first-order valence-corrected chi connectivity index (χ1v) is 14.9. The molecule has 0 spiro atoms. The van der Waals surface area contributed by atoms with E-state index >= 15 is 0 Å². The zero-order valence-corrected chi connectivity index (χ0v) is 26.3. The van der Waals surface area contributed by atoms with Crippen LogP contribution in [0.25, 0.3) is 16.8 Å². The Morgan fingerprint density at radius 1 is 1.05 bits per heavy atom.